The highest BCUT2D eigenvalue weighted by atomic mass is 32.1. The van der Waals surface area contributed by atoms with Gasteiger partial charge in [-0.1, -0.05) is 19.8 Å². The van der Waals surface area contributed by atoms with E-state index < -0.39 is 5.97 Å². The number of aromatic nitrogens is 1. The van der Waals surface area contributed by atoms with Gasteiger partial charge in [0.05, 0.1) is 6.04 Å². The number of amides is 2. The van der Waals surface area contributed by atoms with Crippen LogP contribution >= 0.6 is 11.3 Å². The SMILES string of the molecule is CCC(CC1CC1)NC(=O)NC(C)c1nc(C(=O)O)cs1. The van der Waals surface area contributed by atoms with E-state index in [0.29, 0.717) is 5.01 Å². The molecular formula is C14H21N3O3S. The van der Waals surface area contributed by atoms with Gasteiger partial charge in [0.1, 0.15) is 5.01 Å². The monoisotopic (exact) mass is 311 g/mol. The Morgan fingerprint density at radius 3 is 2.71 bits per heavy atom. The van der Waals surface area contributed by atoms with Gasteiger partial charge in [0.15, 0.2) is 5.69 Å². The standard InChI is InChI=1S/C14H21N3O3S/c1-3-10(6-9-4-5-9)16-14(20)15-8(2)12-17-11(7-21-12)13(18)19/h7-10H,3-6H2,1-2H3,(H,18,19)(H2,15,16,20). The molecule has 0 aromatic carbocycles. The summed E-state index contributed by atoms with van der Waals surface area (Å²) in [5.41, 5.74) is 0.0178. The smallest absolute Gasteiger partial charge is 0.355 e. The molecule has 6 nitrogen and oxygen atoms in total. The second-order valence-corrected chi connectivity index (χ2v) is 6.39. The summed E-state index contributed by atoms with van der Waals surface area (Å²) < 4.78 is 0. The average Bonchev–Trinajstić information content (AvgIpc) is 3.09. The fraction of sp³-hybridized carbons (Fsp3) is 0.643. The lowest BCUT2D eigenvalue weighted by atomic mass is 10.1. The summed E-state index contributed by atoms with van der Waals surface area (Å²) in [6.07, 6.45) is 4.50. The minimum atomic E-state index is -1.05. The molecule has 1 aliphatic carbocycles. The molecule has 116 valence electrons. The zero-order valence-corrected chi connectivity index (χ0v) is 13.1. The van der Waals surface area contributed by atoms with Crippen molar-refractivity contribution >= 4 is 23.3 Å². The minimum absolute atomic E-state index is 0.0178. The summed E-state index contributed by atoms with van der Waals surface area (Å²) in [4.78, 5) is 26.8. The molecule has 1 aromatic heterocycles. The number of carbonyl (C=O) groups is 2. The van der Waals surface area contributed by atoms with Crippen molar-refractivity contribution in [2.75, 3.05) is 0 Å². The Labute approximate surface area is 128 Å². The van der Waals surface area contributed by atoms with E-state index >= 15 is 0 Å². The van der Waals surface area contributed by atoms with Crippen LogP contribution < -0.4 is 10.6 Å². The van der Waals surface area contributed by atoms with E-state index in [2.05, 4.69) is 22.5 Å². The first-order valence-electron chi connectivity index (χ1n) is 7.25. The number of thiazole rings is 1. The lowest BCUT2D eigenvalue weighted by Gasteiger charge is -2.19. The molecule has 2 atom stereocenters. The molecule has 2 amide bonds. The Hall–Kier alpha value is -1.63. The first-order chi connectivity index (χ1) is 9.99. The molecule has 0 radical (unpaired) electrons. The first kappa shape index (κ1) is 15.8. The van der Waals surface area contributed by atoms with Crippen molar-refractivity contribution < 1.29 is 14.7 Å². The Morgan fingerprint density at radius 2 is 2.19 bits per heavy atom. The van der Waals surface area contributed by atoms with Crippen LogP contribution in [0.4, 0.5) is 4.79 Å². The van der Waals surface area contributed by atoms with Gasteiger partial charge in [0, 0.05) is 11.4 Å². The zero-order chi connectivity index (χ0) is 15.4. The molecule has 0 saturated heterocycles. The molecule has 2 rings (SSSR count). The largest absolute Gasteiger partial charge is 0.476 e. The Bertz CT molecular complexity index is 513. The van der Waals surface area contributed by atoms with E-state index in [1.807, 2.05) is 0 Å². The van der Waals surface area contributed by atoms with Crippen molar-refractivity contribution in [2.24, 2.45) is 5.92 Å². The number of aromatic carboxylic acids is 1. The molecule has 1 aliphatic rings. The van der Waals surface area contributed by atoms with Crippen LogP contribution in [0.25, 0.3) is 0 Å². The molecule has 2 unspecified atom stereocenters. The van der Waals surface area contributed by atoms with Gasteiger partial charge in [-0.3, -0.25) is 0 Å². The molecule has 0 spiro atoms. The van der Waals surface area contributed by atoms with Gasteiger partial charge in [0.2, 0.25) is 0 Å². The molecule has 1 fully saturated rings. The number of carbonyl (C=O) groups excluding carboxylic acids is 1. The van der Waals surface area contributed by atoms with Crippen molar-refractivity contribution in [3.63, 3.8) is 0 Å². The van der Waals surface area contributed by atoms with E-state index in [0.717, 1.165) is 18.8 Å². The molecule has 21 heavy (non-hydrogen) atoms. The van der Waals surface area contributed by atoms with Crippen LogP contribution in [-0.2, 0) is 0 Å². The number of urea groups is 1. The van der Waals surface area contributed by atoms with Gasteiger partial charge in [0.25, 0.3) is 0 Å². The summed E-state index contributed by atoms with van der Waals surface area (Å²) in [6, 6.07) is -0.320. The molecule has 7 heteroatoms. The third kappa shape index (κ3) is 4.70. The highest BCUT2D eigenvalue weighted by molar-refractivity contribution is 7.09. The number of nitrogens with zero attached hydrogens (tertiary/aromatic N) is 1. The van der Waals surface area contributed by atoms with Gasteiger partial charge in [-0.05, 0) is 25.7 Å². The van der Waals surface area contributed by atoms with Crippen LogP contribution in [0.1, 0.15) is 61.1 Å². The van der Waals surface area contributed by atoms with Gasteiger partial charge in [-0.25, -0.2) is 14.6 Å². The number of hydrogen-bond acceptors (Lipinski definition) is 4. The van der Waals surface area contributed by atoms with Crippen molar-refractivity contribution in [1.82, 2.24) is 15.6 Å². The Kier molecular flexibility index (Phi) is 5.17. The van der Waals surface area contributed by atoms with Gasteiger partial charge >= 0.3 is 12.0 Å². The summed E-state index contributed by atoms with van der Waals surface area (Å²) in [5, 5.41) is 16.7. The van der Waals surface area contributed by atoms with E-state index in [-0.39, 0.29) is 23.8 Å². The van der Waals surface area contributed by atoms with Crippen LogP contribution in [0.2, 0.25) is 0 Å². The van der Waals surface area contributed by atoms with Crippen LogP contribution in [0, 0.1) is 5.92 Å². The van der Waals surface area contributed by atoms with Crippen molar-refractivity contribution in [3.05, 3.63) is 16.1 Å². The molecule has 3 N–H and O–H groups in total. The molecule has 0 aliphatic heterocycles. The first-order valence-corrected chi connectivity index (χ1v) is 8.13. The lowest BCUT2D eigenvalue weighted by molar-refractivity contribution is 0.0691. The summed E-state index contributed by atoms with van der Waals surface area (Å²) in [7, 11) is 0. The van der Waals surface area contributed by atoms with Gasteiger partial charge in [-0.15, -0.1) is 11.3 Å². The number of carboxylic acids is 1. The maximum Gasteiger partial charge on any atom is 0.355 e. The second kappa shape index (κ2) is 6.89. The predicted molar refractivity (Wildman–Crippen MR) is 80.6 cm³/mol. The van der Waals surface area contributed by atoms with E-state index in [1.54, 1.807) is 6.92 Å². The number of nitrogens with one attached hydrogen (secondary N) is 2. The number of hydrogen-bond donors (Lipinski definition) is 3. The van der Waals surface area contributed by atoms with Crippen LogP contribution in [0.3, 0.4) is 0 Å². The minimum Gasteiger partial charge on any atom is -0.476 e. The summed E-state index contributed by atoms with van der Waals surface area (Å²) in [5.74, 6) is -0.283. The van der Waals surface area contributed by atoms with Crippen LogP contribution in [0.15, 0.2) is 5.38 Å². The average molecular weight is 311 g/mol. The topological polar surface area (TPSA) is 91.3 Å². The lowest BCUT2D eigenvalue weighted by Crippen LogP contribution is -2.43. The molecule has 0 bridgehead atoms. The summed E-state index contributed by atoms with van der Waals surface area (Å²) >= 11 is 1.24. The molecule has 1 saturated carbocycles. The Balaban J connectivity index is 1.83. The third-order valence-electron chi connectivity index (χ3n) is 3.60. The van der Waals surface area contributed by atoms with Crippen molar-refractivity contribution in [2.45, 2.75) is 51.6 Å². The van der Waals surface area contributed by atoms with Crippen LogP contribution in [0.5, 0.6) is 0 Å². The van der Waals surface area contributed by atoms with Gasteiger partial charge < -0.3 is 15.7 Å². The molecule has 1 heterocycles. The maximum absolute atomic E-state index is 12.0. The number of carboxylic acid groups (broad SMARTS) is 1. The normalized spacial score (nSPS) is 17.0. The third-order valence-corrected chi connectivity index (χ3v) is 4.63. The zero-order valence-electron chi connectivity index (χ0n) is 12.3. The fourth-order valence-electron chi connectivity index (χ4n) is 2.15. The van der Waals surface area contributed by atoms with Gasteiger partial charge in [-0.2, -0.15) is 0 Å². The highest BCUT2D eigenvalue weighted by Crippen LogP contribution is 2.34. The van der Waals surface area contributed by atoms with Crippen molar-refractivity contribution in [3.8, 4) is 0 Å². The second-order valence-electron chi connectivity index (χ2n) is 5.50. The van der Waals surface area contributed by atoms with E-state index in [1.165, 1.54) is 29.6 Å². The molecule has 1 aromatic rings. The van der Waals surface area contributed by atoms with E-state index in [4.69, 9.17) is 5.11 Å². The quantitative estimate of drug-likeness (QED) is 0.722. The van der Waals surface area contributed by atoms with Crippen molar-refractivity contribution in [1.29, 1.82) is 0 Å². The number of rotatable bonds is 7. The van der Waals surface area contributed by atoms with E-state index in [9.17, 15) is 9.59 Å². The summed E-state index contributed by atoms with van der Waals surface area (Å²) in [6.45, 7) is 3.86. The fourth-order valence-corrected chi connectivity index (χ4v) is 2.95. The highest BCUT2D eigenvalue weighted by Gasteiger charge is 2.26. The predicted octanol–water partition coefficient (Wildman–Crippen LogP) is 2.78. The van der Waals surface area contributed by atoms with Crippen LogP contribution in [-0.4, -0.2) is 28.1 Å². The Morgan fingerprint density at radius 1 is 1.48 bits per heavy atom. The maximum atomic E-state index is 12.0. The molecular weight excluding hydrogens is 290 g/mol.